The van der Waals surface area contributed by atoms with E-state index in [4.69, 9.17) is 0 Å². The monoisotopic (exact) mass is 438 g/mol. The molecule has 0 radical (unpaired) electrons. The number of unbranched alkanes of at least 4 members (excludes halogenated alkanes) is 1. The zero-order chi connectivity index (χ0) is 24.7. The first-order valence-electron chi connectivity index (χ1n) is 13.5. The molecule has 1 aliphatic rings. The smallest absolute Gasteiger partial charge is 0.00782 e. The minimum absolute atomic E-state index is 0.317. The van der Waals surface area contributed by atoms with Crippen LogP contribution in [0.2, 0.25) is 0 Å². The molecule has 1 aromatic rings. The van der Waals surface area contributed by atoms with Crippen LogP contribution in [-0.4, -0.2) is 0 Å². The summed E-state index contributed by atoms with van der Waals surface area (Å²) in [6.45, 7) is 26.1. The summed E-state index contributed by atoms with van der Waals surface area (Å²) in [5.74, 6) is 0.728. The van der Waals surface area contributed by atoms with Crippen LogP contribution in [0.3, 0.4) is 0 Å². The molecule has 1 aromatic carbocycles. The van der Waals surface area contributed by atoms with Gasteiger partial charge in [-0.2, -0.15) is 0 Å². The van der Waals surface area contributed by atoms with Gasteiger partial charge in [0.05, 0.1) is 0 Å². The fourth-order valence-corrected chi connectivity index (χ4v) is 4.95. The average molecular weight is 439 g/mol. The van der Waals surface area contributed by atoms with Crippen LogP contribution in [0.15, 0.2) is 48.1 Å². The second-order valence-corrected chi connectivity index (χ2v) is 9.22. The van der Waals surface area contributed by atoms with Gasteiger partial charge in [-0.15, -0.1) is 0 Å². The Morgan fingerprint density at radius 2 is 1.62 bits per heavy atom. The topological polar surface area (TPSA) is 0 Å². The highest BCUT2D eigenvalue weighted by atomic mass is 14.4. The van der Waals surface area contributed by atoms with E-state index >= 15 is 0 Å². The molecule has 0 aromatic heterocycles. The summed E-state index contributed by atoms with van der Waals surface area (Å²) >= 11 is 0. The molecule has 0 aliphatic heterocycles. The van der Waals surface area contributed by atoms with Gasteiger partial charge in [0, 0.05) is 0 Å². The fraction of sp³-hybridized carbons (Fsp3) is 0.625. The number of benzene rings is 1. The molecule has 0 nitrogen and oxygen atoms in total. The van der Waals surface area contributed by atoms with Gasteiger partial charge in [0.2, 0.25) is 0 Å². The molecule has 1 aliphatic carbocycles. The maximum absolute atomic E-state index is 4.12. The molecule has 0 heterocycles. The molecular weight excluding hydrogens is 384 g/mol. The summed E-state index contributed by atoms with van der Waals surface area (Å²) < 4.78 is 0. The number of allylic oxidation sites excluding steroid dienone is 5. The Morgan fingerprint density at radius 3 is 2.12 bits per heavy atom. The van der Waals surface area contributed by atoms with Crippen LogP contribution in [0.1, 0.15) is 123 Å². The molecule has 1 saturated carbocycles. The highest BCUT2D eigenvalue weighted by molar-refractivity contribution is 5.71. The molecule has 0 bridgehead atoms. The van der Waals surface area contributed by atoms with Gasteiger partial charge in [0.15, 0.2) is 0 Å². The molecular formula is C32H54. The van der Waals surface area contributed by atoms with E-state index in [0.717, 1.165) is 5.92 Å². The minimum Gasteiger partial charge on any atom is -0.0988 e. The predicted octanol–water partition coefficient (Wildman–Crippen LogP) is 11.0. The Bertz CT molecular complexity index is 720. The third-order valence-electron chi connectivity index (χ3n) is 6.97. The van der Waals surface area contributed by atoms with E-state index in [1.807, 2.05) is 27.7 Å². The Hall–Kier alpha value is -1.56. The lowest BCUT2D eigenvalue weighted by Crippen LogP contribution is -2.26. The molecule has 0 N–H and O–H groups in total. The molecule has 0 heteroatoms. The second-order valence-electron chi connectivity index (χ2n) is 9.22. The second kappa shape index (κ2) is 16.1. The average Bonchev–Trinajstić information content (AvgIpc) is 2.82. The standard InChI is InChI=1S/C28H42.2C2H6/c1-8-11-13-25(10-3)28(7)18-16-24(17-19-28)23(6)26(12-9-2)27-20-21(4)14-15-22(27)5;2*1-2/h10,13-15,20,24H,3,8-9,11-12,16-19H2,1-2,4-7H3;2*1-2H3/b25-13+,26-23+;;. The van der Waals surface area contributed by atoms with Gasteiger partial charge in [-0.05, 0) is 92.9 Å². The van der Waals surface area contributed by atoms with Crippen LogP contribution in [0.4, 0.5) is 0 Å². The Balaban J connectivity index is 0.00000227. The molecule has 0 saturated heterocycles. The van der Waals surface area contributed by atoms with Crippen molar-refractivity contribution >= 4 is 5.57 Å². The summed E-state index contributed by atoms with van der Waals surface area (Å²) in [4.78, 5) is 0. The highest BCUT2D eigenvalue weighted by Gasteiger charge is 2.34. The van der Waals surface area contributed by atoms with Crippen molar-refractivity contribution in [3.8, 4) is 0 Å². The summed E-state index contributed by atoms with van der Waals surface area (Å²) in [6.07, 6.45) is 14.5. The van der Waals surface area contributed by atoms with E-state index in [2.05, 4.69) is 78.5 Å². The number of hydrogen-bond acceptors (Lipinski definition) is 0. The highest BCUT2D eigenvalue weighted by Crippen LogP contribution is 2.47. The van der Waals surface area contributed by atoms with Crippen molar-refractivity contribution in [2.75, 3.05) is 0 Å². The van der Waals surface area contributed by atoms with Gasteiger partial charge in [-0.3, -0.25) is 0 Å². The maximum Gasteiger partial charge on any atom is -0.00782 e. The van der Waals surface area contributed by atoms with Gasteiger partial charge in [0.1, 0.15) is 0 Å². The molecule has 32 heavy (non-hydrogen) atoms. The predicted molar refractivity (Wildman–Crippen MR) is 149 cm³/mol. The first kappa shape index (κ1) is 30.4. The van der Waals surface area contributed by atoms with Crippen molar-refractivity contribution in [3.05, 3.63) is 64.8 Å². The van der Waals surface area contributed by atoms with Gasteiger partial charge in [0.25, 0.3) is 0 Å². The summed E-state index contributed by atoms with van der Waals surface area (Å²) in [5.41, 5.74) is 9.34. The van der Waals surface area contributed by atoms with Crippen molar-refractivity contribution in [2.45, 2.75) is 121 Å². The quantitative estimate of drug-likeness (QED) is 0.354. The Morgan fingerprint density at radius 1 is 1.03 bits per heavy atom. The van der Waals surface area contributed by atoms with Crippen LogP contribution in [0.25, 0.3) is 5.57 Å². The van der Waals surface area contributed by atoms with E-state index in [1.54, 1.807) is 11.1 Å². The lowest BCUT2D eigenvalue weighted by Gasteiger charge is -2.39. The number of hydrogen-bond donors (Lipinski definition) is 0. The van der Waals surface area contributed by atoms with E-state index in [0.29, 0.717) is 5.41 Å². The summed E-state index contributed by atoms with van der Waals surface area (Å²) in [5, 5.41) is 0. The molecule has 0 spiro atoms. The van der Waals surface area contributed by atoms with Crippen molar-refractivity contribution in [2.24, 2.45) is 11.3 Å². The van der Waals surface area contributed by atoms with E-state index in [9.17, 15) is 0 Å². The minimum atomic E-state index is 0.317. The van der Waals surface area contributed by atoms with Crippen LogP contribution in [0.5, 0.6) is 0 Å². The molecule has 2 rings (SSSR count). The van der Waals surface area contributed by atoms with Crippen molar-refractivity contribution in [1.29, 1.82) is 0 Å². The van der Waals surface area contributed by atoms with E-state index < -0.39 is 0 Å². The summed E-state index contributed by atoms with van der Waals surface area (Å²) in [6, 6.07) is 6.93. The lowest BCUT2D eigenvalue weighted by molar-refractivity contribution is 0.231. The van der Waals surface area contributed by atoms with E-state index in [1.165, 1.54) is 73.6 Å². The first-order chi connectivity index (χ1) is 15.4. The molecule has 0 unspecified atom stereocenters. The molecule has 182 valence electrons. The van der Waals surface area contributed by atoms with Gasteiger partial charge >= 0.3 is 0 Å². The van der Waals surface area contributed by atoms with Crippen molar-refractivity contribution in [1.82, 2.24) is 0 Å². The van der Waals surface area contributed by atoms with Crippen LogP contribution >= 0.6 is 0 Å². The third kappa shape index (κ3) is 8.42. The van der Waals surface area contributed by atoms with Crippen molar-refractivity contribution in [3.63, 3.8) is 0 Å². The zero-order valence-corrected chi connectivity index (χ0v) is 23.3. The fourth-order valence-electron chi connectivity index (χ4n) is 4.95. The molecule has 1 fully saturated rings. The van der Waals surface area contributed by atoms with E-state index in [-0.39, 0.29) is 0 Å². The zero-order valence-electron chi connectivity index (χ0n) is 23.3. The van der Waals surface area contributed by atoms with Gasteiger partial charge < -0.3 is 0 Å². The van der Waals surface area contributed by atoms with Crippen molar-refractivity contribution < 1.29 is 0 Å². The Labute approximate surface area is 202 Å². The maximum atomic E-state index is 4.12. The Kier molecular flexibility index (Phi) is 15.3. The lowest BCUT2D eigenvalue weighted by atomic mass is 9.65. The van der Waals surface area contributed by atoms with Crippen LogP contribution in [0, 0.1) is 25.2 Å². The van der Waals surface area contributed by atoms with Gasteiger partial charge in [-0.25, -0.2) is 0 Å². The normalized spacial score (nSPS) is 21.4. The van der Waals surface area contributed by atoms with Gasteiger partial charge in [-0.1, -0.05) is 109 Å². The first-order valence-corrected chi connectivity index (χ1v) is 13.5. The molecule has 0 atom stereocenters. The van der Waals surface area contributed by atoms with Crippen LogP contribution < -0.4 is 0 Å². The van der Waals surface area contributed by atoms with Crippen LogP contribution in [-0.2, 0) is 0 Å². The SMILES string of the molecule is C=C/C(=C\CCC)C1(C)CCC(/C(C)=C(\CCC)c2cc(C)ccc2C)CC1.CC.CC. The number of rotatable bonds is 8. The largest absolute Gasteiger partial charge is 0.0988 e. The third-order valence-corrected chi connectivity index (χ3v) is 6.97. The number of aryl methyl sites for hydroxylation is 2. The molecule has 0 amide bonds. The summed E-state index contributed by atoms with van der Waals surface area (Å²) in [7, 11) is 0.